The first-order chi connectivity index (χ1) is 9.58. The van der Waals surface area contributed by atoms with Crippen LogP contribution >= 0.6 is 0 Å². The molecule has 1 atom stereocenters. The molecule has 0 bridgehead atoms. The van der Waals surface area contributed by atoms with E-state index >= 15 is 0 Å². The highest BCUT2D eigenvalue weighted by molar-refractivity contribution is 5.73. The van der Waals surface area contributed by atoms with E-state index in [-0.39, 0.29) is 12.5 Å². The lowest BCUT2D eigenvalue weighted by atomic mass is 10.1. The summed E-state index contributed by atoms with van der Waals surface area (Å²) in [5.41, 5.74) is 0.612. The van der Waals surface area contributed by atoms with Crippen molar-refractivity contribution in [1.29, 1.82) is 0 Å². The minimum absolute atomic E-state index is 0.0364. The fraction of sp³-hybridized carbons (Fsp3) is 0.385. The summed E-state index contributed by atoms with van der Waals surface area (Å²) < 4.78 is 5.07. The van der Waals surface area contributed by atoms with Crippen molar-refractivity contribution in [3.63, 3.8) is 0 Å². The largest absolute Gasteiger partial charge is 0.480 e. The molecular weight excluding hydrogens is 260 g/mol. The summed E-state index contributed by atoms with van der Waals surface area (Å²) in [6.45, 7) is 3.87. The summed E-state index contributed by atoms with van der Waals surface area (Å²) in [6, 6.07) is 4.75. The average Bonchev–Trinajstić information content (AvgIpc) is 2.88. The Morgan fingerprint density at radius 3 is 2.85 bits per heavy atom. The molecule has 2 N–H and O–H groups in total. The minimum Gasteiger partial charge on any atom is -0.480 e. The van der Waals surface area contributed by atoms with E-state index in [1.54, 1.807) is 18.3 Å². The number of rotatable bonds is 6. The van der Waals surface area contributed by atoms with Crippen LogP contribution in [-0.4, -0.2) is 32.2 Å². The Bertz CT molecular complexity index is 568. The van der Waals surface area contributed by atoms with Gasteiger partial charge in [0.15, 0.2) is 0 Å². The van der Waals surface area contributed by atoms with Gasteiger partial charge in [-0.25, -0.2) is 0 Å². The molecule has 2 rings (SSSR count). The van der Waals surface area contributed by atoms with Gasteiger partial charge in [-0.05, 0) is 18.1 Å². The van der Waals surface area contributed by atoms with Gasteiger partial charge in [-0.3, -0.25) is 15.1 Å². The highest BCUT2D eigenvalue weighted by Gasteiger charge is 2.21. The number of nitrogens with one attached hydrogen (secondary N) is 1. The van der Waals surface area contributed by atoms with Crippen molar-refractivity contribution in [1.82, 2.24) is 20.4 Å². The van der Waals surface area contributed by atoms with Crippen LogP contribution in [0.25, 0.3) is 11.5 Å². The fourth-order valence-electron chi connectivity index (χ4n) is 1.73. The Balaban J connectivity index is 2.02. The van der Waals surface area contributed by atoms with Crippen molar-refractivity contribution in [2.75, 3.05) is 0 Å². The lowest BCUT2D eigenvalue weighted by molar-refractivity contribution is -0.140. The molecule has 0 aliphatic heterocycles. The van der Waals surface area contributed by atoms with Gasteiger partial charge in [0.05, 0.1) is 6.54 Å². The van der Waals surface area contributed by atoms with Crippen LogP contribution in [0.3, 0.4) is 0 Å². The van der Waals surface area contributed by atoms with Crippen LogP contribution in [0.2, 0.25) is 0 Å². The molecular formula is C13H16N4O3. The van der Waals surface area contributed by atoms with Crippen LogP contribution in [0.4, 0.5) is 0 Å². The summed E-state index contributed by atoms with van der Waals surface area (Å²) >= 11 is 0. The Hall–Kier alpha value is -2.28. The van der Waals surface area contributed by atoms with Crippen LogP contribution < -0.4 is 5.32 Å². The summed E-state index contributed by atoms with van der Waals surface area (Å²) in [6.07, 6.45) is 1.64. The summed E-state index contributed by atoms with van der Waals surface area (Å²) in [5.74, 6) is -0.216. The molecule has 20 heavy (non-hydrogen) atoms. The van der Waals surface area contributed by atoms with E-state index < -0.39 is 12.0 Å². The highest BCUT2D eigenvalue weighted by atomic mass is 16.5. The van der Waals surface area contributed by atoms with Gasteiger partial charge in [-0.1, -0.05) is 25.1 Å². The van der Waals surface area contributed by atoms with Gasteiger partial charge >= 0.3 is 5.97 Å². The first-order valence-corrected chi connectivity index (χ1v) is 6.28. The molecule has 0 aliphatic rings. The van der Waals surface area contributed by atoms with E-state index in [0.29, 0.717) is 17.4 Å². The van der Waals surface area contributed by atoms with Gasteiger partial charge in [0.25, 0.3) is 0 Å². The van der Waals surface area contributed by atoms with Crippen molar-refractivity contribution in [3.05, 3.63) is 30.3 Å². The molecule has 2 heterocycles. The Morgan fingerprint density at radius 2 is 2.25 bits per heavy atom. The zero-order chi connectivity index (χ0) is 14.5. The normalized spacial score (nSPS) is 12.6. The predicted octanol–water partition coefficient (Wildman–Crippen LogP) is 1.33. The van der Waals surface area contributed by atoms with Crippen molar-refractivity contribution < 1.29 is 14.4 Å². The quantitative estimate of drug-likeness (QED) is 0.820. The lowest BCUT2D eigenvalue weighted by Gasteiger charge is -2.16. The van der Waals surface area contributed by atoms with E-state index in [1.807, 2.05) is 19.9 Å². The number of hydrogen-bond donors (Lipinski definition) is 2. The number of pyridine rings is 1. The molecule has 0 amide bonds. The van der Waals surface area contributed by atoms with E-state index in [1.165, 1.54) is 0 Å². The van der Waals surface area contributed by atoms with Crippen molar-refractivity contribution in [2.45, 2.75) is 26.4 Å². The maximum atomic E-state index is 11.0. The lowest BCUT2D eigenvalue weighted by Crippen LogP contribution is -2.40. The molecule has 2 aromatic rings. The number of aliphatic carboxylic acids is 1. The molecule has 0 saturated heterocycles. The summed E-state index contributed by atoms with van der Waals surface area (Å²) in [4.78, 5) is 19.3. The van der Waals surface area contributed by atoms with Crippen molar-refractivity contribution >= 4 is 5.97 Å². The number of nitrogens with zero attached hydrogens (tertiary/aromatic N) is 3. The van der Waals surface area contributed by atoms with Crippen LogP contribution in [0, 0.1) is 5.92 Å². The molecule has 7 heteroatoms. The highest BCUT2D eigenvalue weighted by Crippen LogP contribution is 2.12. The van der Waals surface area contributed by atoms with E-state index in [9.17, 15) is 4.79 Å². The van der Waals surface area contributed by atoms with Gasteiger partial charge in [-0.15, -0.1) is 0 Å². The molecule has 0 spiro atoms. The van der Waals surface area contributed by atoms with E-state index in [4.69, 9.17) is 9.63 Å². The number of carboxylic acid groups (broad SMARTS) is 1. The van der Waals surface area contributed by atoms with Gasteiger partial charge in [0.2, 0.25) is 11.7 Å². The van der Waals surface area contributed by atoms with Crippen LogP contribution in [0.1, 0.15) is 19.7 Å². The zero-order valence-electron chi connectivity index (χ0n) is 11.3. The second-order valence-corrected chi connectivity index (χ2v) is 4.67. The summed E-state index contributed by atoms with van der Waals surface area (Å²) in [5, 5.41) is 15.8. The molecule has 0 aliphatic carbocycles. The van der Waals surface area contributed by atoms with Gasteiger partial charge in [0, 0.05) is 6.20 Å². The smallest absolute Gasteiger partial charge is 0.320 e. The number of carboxylic acids is 1. The zero-order valence-corrected chi connectivity index (χ0v) is 11.3. The van der Waals surface area contributed by atoms with Crippen molar-refractivity contribution in [3.8, 4) is 11.5 Å². The Labute approximate surface area is 116 Å². The molecule has 7 nitrogen and oxygen atoms in total. The second kappa shape index (κ2) is 6.25. The second-order valence-electron chi connectivity index (χ2n) is 4.67. The molecule has 0 fully saturated rings. The van der Waals surface area contributed by atoms with Gasteiger partial charge in [0.1, 0.15) is 11.7 Å². The molecule has 0 aromatic carbocycles. The topological polar surface area (TPSA) is 101 Å². The number of aromatic nitrogens is 3. The van der Waals surface area contributed by atoms with Crippen LogP contribution in [0.5, 0.6) is 0 Å². The predicted molar refractivity (Wildman–Crippen MR) is 70.6 cm³/mol. The third kappa shape index (κ3) is 3.39. The maximum Gasteiger partial charge on any atom is 0.320 e. The van der Waals surface area contributed by atoms with E-state index in [2.05, 4.69) is 20.4 Å². The average molecular weight is 276 g/mol. The first kappa shape index (κ1) is 14.1. The van der Waals surface area contributed by atoms with Crippen LogP contribution in [-0.2, 0) is 11.3 Å². The first-order valence-electron chi connectivity index (χ1n) is 6.28. The number of carbonyl (C=O) groups is 1. The van der Waals surface area contributed by atoms with Gasteiger partial charge < -0.3 is 9.63 Å². The third-order valence-electron chi connectivity index (χ3n) is 2.77. The third-order valence-corrected chi connectivity index (χ3v) is 2.77. The van der Waals surface area contributed by atoms with Crippen LogP contribution in [0.15, 0.2) is 28.9 Å². The van der Waals surface area contributed by atoms with Crippen molar-refractivity contribution in [2.24, 2.45) is 5.92 Å². The summed E-state index contributed by atoms with van der Waals surface area (Å²) in [7, 11) is 0. The molecule has 106 valence electrons. The minimum atomic E-state index is -0.899. The monoisotopic (exact) mass is 276 g/mol. The van der Waals surface area contributed by atoms with E-state index in [0.717, 1.165) is 0 Å². The molecule has 2 aromatic heterocycles. The Kier molecular flexibility index (Phi) is 4.41. The Morgan fingerprint density at radius 1 is 1.45 bits per heavy atom. The standard InChI is InChI=1S/C13H16N4O3/c1-8(2)11(13(18)19)15-7-10-16-12(17-20-10)9-5-3-4-6-14-9/h3-6,8,11,15H,7H2,1-2H3,(H,18,19). The number of hydrogen-bond acceptors (Lipinski definition) is 6. The van der Waals surface area contributed by atoms with Gasteiger partial charge in [-0.2, -0.15) is 4.98 Å². The SMILES string of the molecule is CC(C)C(NCc1nc(-c2ccccn2)no1)C(=O)O. The molecule has 0 saturated carbocycles. The molecule has 0 radical (unpaired) electrons. The molecule has 1 unspecified atom stereocenters. The fourth-order valence-corrected chi connectivity index (χ4v) is 1.73. The maximum absolute atomic E-state index is 11.0.